The van der Waals surface area contributed by atoms with E-state index >= 15 is 0 Å². The van der Waals surface area contributed by atoms with Crippen LogP contribution in [0.4, 0.5) is 0 Å². The molecule has 0 fully saturated rings. The minimum atomic E-state index is -4.95. The molecule has 90 heavy (non-hydrogen) atoms. The first-order valence-corrected chi connectivity index (χ1v) is 39.7. The summed E-state index contributed by atoms with van der Waals surface area (Å²) in [5.41, 5.74) is 0. The highest BCUT2D eigenvalue weighted by atomic mass is 31.2. The Balaban J connectivity index is 5.26. The molecular formula is C71H138O17P2. The number of carbonyl (C=O) groups excluding carboxylic acids is 4. The summed E-state index contributed by atoms with van der Waals surface area (Å²) in [7, 11) is -9.90. The van der Waals surface area contributed by atoms with Gasteiger partial charge in [-0.05, 0) is 49.4 Å². The maximum absolute atomic E-state index is 13.0. The van der Waals surface area contributed by atoms with E-state index in [9.17, 15) is 43.2 Å². The van der Waals surface area contributed by atoms with Crippen molar-refractivity contribution in [3.05, 3.63) is 0 Å². The second-order valence-corrected chi connectivity index (χ2v) is 30.2. The maximum atomic E-state index is 13.0. The average molecular weight is 1330 g/mol. The van der Waals surface area contributed by atoms with Crippen molar-refractivity contribution in [1.82, 2.24) is 0 Å². The molecule has 0 aliphatic carbocycles. The zero-order valence-corrected chi connectivity index (χ0v) is 60.6. The third-order valence-corrected chi connectivity index (χ3v) is 18.6. The fourth-order valence-corrected chi connectivity index (χ4v) is 12.2. The molecule has 0 aliphatic rings. The van der Waals surface area contributed by atoms with Gasteiger partial charge in [0.1, 0.15) is 19.3 Å². The minimum absolute atomic E-state index is 0.104. The zero-order chi connectivity index (χ0) is 66.8. The molecule has 0 aromatic heterocycles. The number of esters is 4. The molecule has 0 radical (unpaired) electrons. The average Bonchev–Trinajstić information content (AvgIpc) is 3.53. The first-order chi connectivity index (χ1) is 43.1. The largest absolute Gasteiger partial charge is 0.472 e. The van der Waals surface area contributed by atoms with E-state index in [2.05, 4.69) is 55.4 Å². The lowest BCUT2D eigenvalue weighted by Gasteiger charge is -2.21. The highest BCUT2D eigenvalue weighted by molar-refractivity contribution is 7.47. The Hall–Kier alpha value is -1.94. The van der Waals surface area contributed by atoms with Crippen LogP contribution in [0.25, 0.3) is 0 Å². The molecular weight excluding hydrogens is 1190 g/mol. The van der Waals surface area contributed by atoms with E-state index in [1.165, 1.54) is 148 Å². The summed E-state index contributed by atoms with van der Waals surface area (Å²) >= 11 is 0. The molecule has 0 aromatic rings. The normalized spacial score (nSPS) is 14.6. The van der Waals surface area contributed by atoms with Gasteiger partial charge < -0.3 is 33.8 Å². The Morgan fingerprint density at radius 2 is 0.533 bits per heavy atom. The number of rotatable bonds is 68. The number of phosphoric acid groups is 2. The van der Waals surface area contributed by atoms with Crippen LogP contribution in [-0.4, -0.2) is 96.7 Å². The summed E-state index contributed by atoms with van der Waals surface area (Å²) in [4.78, 5) is 72.6. The van der Waals surface area contributed by atoms with Crippen LogP contribution in [0.15, 0.2) is 0 Å². The van der Waals surface area contributed by atoms with Gasteiger partial charge in [0.05, 0.1) is 26.4 Å². The highest BCUT2D eigenvalue weighted by Crippen LogP contribution is 2.45. The number of unbranched alkanes of at least 4 members (excludes halogenated alkanes) is 33. The molecule has 0 rings (SSSR count). The van der Waals surface area contributed by atoms with E-state index < -0.39 is 97.5 Å². The fraction of sp³-hybridized carbons (Fsp3) is 0.944. The second-order valence-electron chi connectivity index (χ2n) is 27.3. The number of aliphatic hydroxyl groups excluding tert-OH is 1. The molecule has 0 saturated carbocycles. The van der Waals surface area contributed by atoms with Crippen molar-refractivity contribution in [1.29, 1.82) is 0 Å². The highest BCUT2D eigenvalue weighted by Gasteiger charge is 2.30. The maximum Gasteiger partial charge on any atom is 0.472 e. The Morgan fingerprint density at radius 3 is 0.789 bits per heavy atom. The van der Waals surface area contributed by atoms with Gasteiger partial charge in [-0.2, -0.15) is 0 Å². The van der Waals surface area contributed by atoms with Crippen molar-refractivity contribution >= 4 is 39.5 Å². The van der Waals surface area contributed by atoms with E-state index in [-0.39, 0.29) is 25.7 Å². The topological polar surface area (TPSA) is 237 Å². The van der Waals surface area contributed by atoms with E-state index in [4.69, 9.17) is 37.0 Å². The molecule has 6 atom stereocenters. The van der Waals surface area contributed by atoms with Crippen LogP contribution < -0.4 is 0 Å². The van der Waals surface area contributed by atoms with Gasteiger partial charge in [0.2, 0.25) is 0 Å². The molecule has 19 heteroatoms. The van der Waals surface area contributed by atoms with Crippen LogP contribution in [0.3, 0.4) is 0 Å². The quantitative estimate of drug-likeness (QED) is 0.0222. The predicted molar refractivity (Wildman–Crippen MR) is 363 cm³/mol. The van der Waals surface area contributed by atoms with Gasteiger partial charge in [0, 0.05) is 25.7 Å². The number of hydrogen-bond acceptors (Lipinski definition) is 15. The fourth-order valence-electron chi connectivity index (χ4n) is 10.6. The monoisotopic (exact) mass is 1320 g/mol. The van der Waals surface area contributed by atoms with Crippen LogP contribution in [0.2, 0.25) is 0 Å². The Labute approximate surface area is 549 Å². The van der Waals surface area contributed by atoms with Crippen molar-refractivity contribution < 1.29 is 80.2 Å². The summed E-state index contributed by atoms with van der Waals surface area (Å²) in [6.07, 6.45) is 43.1. The van der Waals surface area contributed by atoms with Crippen LogP contribution in [0.5, 0.6) is 0 Å². The molecule has 17 nitrogen and oxygen atoms in total. The van der Waals surface area contributed by atoms with Crippen molar-refractivity contribution in [3.63, 3.8) is 0 Å². The van der Waals surface area contributed by atoms with E-state index in [0.29, 0.717) is 25.7 Å². The van der Waals surface area contributed by atoms with Gasteiger partial charge in [-0.25, -0.2) is 9.13 Å². The van der Waals surface area contributed by atoms with Crippen LogP contribution in [0, 0.1) is 23.7 Å². The molecule has 0 aromatic carbocycles. The molecule has 534 valence electrons. The number of aliphatic hydroxyl groups is 1. The van der Waals surface area contributed by atoms with Crippen LogP contribution in [0.1, 0.15) is 351 Å². The lowest BCUT2D eigenvalue weighted by molar-refractivity contribution is -0.161. The number of ether oxygens (including phenoxy) is 4. The summed E-state index contributed by atoms with van der Waals surface area (Å²) in [6, 6.07) is 0. The lowest BCUT2D eigenvalue weighted by atomic mass is 10.00. The van der Waals surface area contributed by atoms with Gasteiger partial charge in [-0.3, -0.25) is 37.3 Å². The smallest absolute Gasteiger partial charge is 0.462 e. The second kappa shape index (κ2) is 60.7. The first-order valence-electron chi connectivity index (χ1n) is 36.7. The van der Waals surface area contributed by atoms with Gasteiger partial charge in [-0.15, -0.1) is 0 Å². The Morgan fingerprint density at radius 1 is 0.311 bits per heavy atom. The van der Waals surface area contributed by atoms with Crippen LogP contribution in [-0.2, 0) is 65.4 Å². The molecule has 3 unspecified atom stereocenters. The number of carbonyl (C=O) groups is 4. The van der Waals surface area contributed by atoms with E-state index in [1.807, 2.05) is 0 Å². The molecule has 0 spiro atoms. The summed E-state index contributed by atoms with van der Waals surface area (Å²) < 4.78 is 68.3. The minimum Gasteiger partial charge on any atom is -0.462 e. The van der Waals surface area contributed by atoms with Crippen molar-refractivity contribution in [2.75, 3.05) is 39.6 Å². The number of hydrogen-bond donors (Lipinski definition) is 3. The lowest BCUT2D eigenvalue weighted by Crippen LogP contribution is -2.30. The SMILES string of the molecule is CCC(C)CCCCCCCCC(=O)OC[C@H](COP(=O)(O)OC[C@H](O)COP(=O)(O)OC[C@@H](COC(=O)CCCCCCCCCCCC(C)C)OC(=O)CCCCCCCCCCCCCCCC(C)C)OC(=O)CCCCCCCCCCCC(C)C. The first kappa shape index (κ1) is 88.1. The van der Waals surface area contributed by atoms with E-state index in [1.54, 1.807) is 0 Å². The van der Waals surface area contributed by atoms with Crippen LogP contribution >= 0.6 is 15.6 Å². The Bertz CT molecular complexity index is 1780. The van der Waals surface area contributed by atoms with Crippen molar-refractivity contribution in [2.45, 2.75) is 369 Å². The van der Waals surface area contributed by atoms with Gasteiger partial charge in [-0.1, -0.05) is 299 Å². The Kier molecular flexibility index (Phi) is 59.4. The molecule has 0 bridgehead atoms. The molecule has 0 saturated heterocycles. The van der Waals surface area contributed by atoms with Gasteiger partial charge >= 0.3 is 39.5 Å². The third-order valence-electron chi connectivity index (χ3n) is 16.7. The zero-order valence-electron chi connectivity index (χ0n) is 58.8. The number of phosphoric ester groups is 2. The summed E-state index contributed by atoms with van der Waals surface area (Å²) in [5.74, 6) is 0.869. The van der Waals surface area contributed by atoms with Crippen molar-refractivity contribution in [3.8, 4) is 0 Å². The van der Waals surface area contributed by atoms with Gasteiger partial charge in [0.15, 0.2) is 12.2 Å². The standard InChI is InChI=1S/C71H138O17P2/c1-9-64(8)50-42-34-29-30-36-44-52-69(74)82-58-67(88-71(76)54-46-38-28-22-16-19-25-33-41-49-63(6)7)60-86-90(79,80)84-56-65(72)55-83-89(77,78)85-59-66(57-81-68(73)51-43-35-26-21-15-18-24-32-40-48-62(4)5)87-70(75)53-45-37-27-20-14-12-10-11-13-17-23-31-39-47-61(2)3/h61-67,72H,9-60H2,1-8H3,(H,77,78)(H,79,80)/t64?,65-,66-,67-/m1/s1. The molecule has 0 amide bonds. The molecule has 0 aliphatic heterocycles. The summed E-state index contributed by atoms with van der Waals surface area (Å²) in [6.45, 7) is 14.1. The van der Waals surface area contributed by atoms with Crippen molar-refractivity contribution in [2.24, 2.45) is 23.7 Å². The van der Waals surface area contributed by atoms with Gasteiger partial charge in [0.25, 0.3) is 0 Å². The molecule has 0 heterocycles. The third kappa shape index (κ3) is 63.5. The molecule has 3 N–H and O–H groups in total. The predicted octanol–water partition coefficient (Wildman–Crippen LogP) is 20.1. The summed E-state index contributed by atoms with van der Waals surface area (Å²) in [5, 5.41) is 10.6. The van der Waals surface area contributed by atoms with E-state index in [0.717, 1.165) is 120 Å².